The monoisotopic (exact) mass is 310 g/mol. The highest BCUT2D eigenvalue weighted by molar-refractivity contribution is 5.76. The molecule has 0 aromatic heterocycles. The van der Waals surface area contributed by atoms with E-state index in [0.29, 0.717) is 5.41 Å². The Balaban J connectivity index is 2.39. The molecule has 1 aliphatic rings. The second-order valence-corrected chi connectivity index (χ2v) is 7.67. The fourth-order valence-electron chi connectivity index (χ4n) is 4.04. The fourth-order valence-corrected chi connectivity index (χ4v) is 4.04. The highest BCUT2D eigenvalue weighted by Crippen LogP contribution is 2.41. The molecule has 1 saturated carbocycles. The van der Waals surface area contributed by atoms with Gasteiger partial charge in [0.2, 0.25) is 5.91 Å². The molecule has 1 fully saturated rings. The number of hydrogen-bond acceptors (Lipinski definition) is 2. The molecule has 0 aromatic carbocycles. The van der Waals surface area contributed by atoms with Crippen LogP contribution in [0.3, 0.4) is 0 Å². The minimum absolute atomic E-state index is 0.0972. The Hall–Kier alpha value is -0.570. The molecule has 0 aromatic rings. The second-order valence-electron chi connectivity index (χ2n) is 7.67. The average molecular weight is 311 g/mol. The minimum Gasteiger partial charge on any atom is -0.369 e. The molecule has 0 spiro atoms. The Morgan fingerprint density at radius 1 is 1.09 bits per heavy atom. The quantitative estimate of drug-likeness (QED) is 0.691. The van der Waals surface area contributed by atoms with E-state index < -0.39 is 0 Å². The topological polar surface area (TPSA) is 69.1 Å². The summed E-state index contributed by atoms with van der Waals surface area (Å²) in [5, 5.41) is 0. The first kappa shape index (κ1) is 19.5. The summed E-state index contributed by atoms with van der Waals surface area (Å²) in [4.78, 5) is 11.1. The lowest BCUT2D eigenvalue weighted by molar-refractivity contribution is -0.121. The molecule has 1 aliphatic carbocycles. The Bertz CT molecular complexity index is 307. The highest BCUT2D eigenvalue weighted by atomic mass is 16.1. The van der Waals surface area contributed by atoms with Gasteiger partial charge in [-0.25, -0.2) is 0 Å². The number of amides is 1. The molecule has 0 radical (unpaired) electrons. The maximum atomic E-state index is 11.1. The van der Waals surface area contributed by atoms with Crippen LogP contribution in [0, 0.1) is 11.3 Å². The van der Waals surface area contributed by atoms with Gasteiger partial charge in [0.1, 0.15) is 0 Å². The molecule has 130 valence electrons. The summed E-state index contributed by atoms with van der Waals surface area (Å²) in [5.74, 6) is -0.322. The molecule has 0 heterocycles. The predicted octanol–water partition coefficient (Wildman–Crippen LogP) is 4.53. The Morgan fingerprint density at radius 3 is 2.14 bits per heavy atom. The molecular formula is C19H38N2O. The summed E-state index contributed by atoms with van der Waals surface area (Å²) in [5.41, 5.74) is 12.1. The predicted molar refractivity (Wildman–Crippen MR) is 94.5 cm³/mol. The van der Waals surface area contributed by atoms with Crippen LogP contribution in [0.15, 0.2) is 0 Å². The third-order valence-corrected chi connectivity index (χ3v) is 5.84. The second kappa shape index (κ2) is 10.3. The average Bonchev–Trinajstić information content (AvgIpc) is 2.59. The molecule has 4 N–H and O–H groups in total. The molecule has 2 unspecified atom stereocenters. The van der Waals surface area contributed by atoms with Crippen molar-refractivity contribution in [2.24, 2.45) is 22.8 Å². The van der Waals surface area contributed by atoms with Gasteiger partial charge in [-0.2, -0.15) is 0 Å². The number of primary amides is 1. The number of carbonyl (C=O) groups excluding carboxylic acids is 1. The van der Waals surface area contributed by atoms with E-state index in [-0.39, 0.29) is 17.9 Å². The lowest BCUT2D eigenvalue weighted by Gasteiger charge is -2.33. The van der Waals surface area contributed by atoms with Crippen LogP contribution >= 0.6 is 0 Å². The van der Waals surface area contributed by atoms with E-state index in [1.54, 1.807) is 0 Å². The van der Waals surface area contributed by atoms with Crippen LogP contribution in [0.25, 0.3) is 0 Å². The summed E-state index contributed by atoms with van der Waals surface area (Å²) in [6.45, 7) is 4.25. The Kier molecular flexibility index (Phi) is 9.08. The van der Waals surface area contributed by atoms with E-state index in [2.05, 4.69) is 6.92 Å². The van der Waals surface area contributed by atoms with Crippen molar-refractivity contribution in [1.29, 1.82) is 0 Å². The summed E-state index contributed by atoms with van der Waals surface area (Å²) in [7, 11) is 0. The summed E-state index contributed by atoms with van der Waals surface area (Å²) in [6.07, 6.45) is 16.8. The van der Waals surface area contributed by atoms with Crippen molar-refractivity contribution in [2.75, 3.05) is 0 Å². The van der Waals surface area contributed by atoms with Crippen molar-refractivity contribution < 1.29 is 4.79 Å². The van der Waals surface area contributed by atoms with Crippen molar-refractivity contribution in [1.82, 2.24) is 0 Å². The first-order chi connectivity index (χ1) is 10.5. The molecule has 1 rings (SSSR count). The third kappa shape index (κ3) is 7.13. The number of rotatable bonds is 8. The highest BCUT2D eigenvalue weighted by Gasteiger charge is 2.27. The van der Waals surface area contributed by atoms with Crippen molar-refractivity contribution in [3.05, 3.63) is 0 Å². The number of hydrogen-bond donors (Lipinski definition) is 2. The van der Waals surface area contributed by atoms with Crippen molar-refractivity contribution in [2.45, 2.75) is 103 Å². The van der Waals surface area contributed by atoms with Gasteiger partial charge in [0.25, 0.3) is 0 Å². The van der Waals surface area contributed by atoms with Gasteiger partial charge in [0, 0.05) is 12.0 Å². The number of nitrogens with two attached hydrogens (primary N) is 2. The maximum absolute atomic E-state index is 11.1. The summed E-state index contributed by atoms with van der Waals surface area (Å²) in [6, 6.07) is 0.118. The SMILES string of the molecule is CCC1(CCCC(N)CC(C)C(N)=O)CCCCCCCC1. The molecule has 0 saturated heterocycles. The van der Waals surface area contributed by atoms with E-state index in [1.165, 1.54) is 70.6 Å². The van der Waals surface area contributed by atoms with Gasteiger partial charge in [-0.1, -0.05) is 65.2 Å². The molecule has 2 atom stereocenters. The van der Waals surface area contributed by atoms with E-state index in [4.69, 9.17) is 11.5 Å². The molecule has 0 bridgehead atoms. The van der Waals surface area contributed by atoms with Gasteiger partial charge in [-0.05, 0) is 37.5 Å². The zero-order valence-electron chi connectivity index (χ0n) is 14.9. The smallest absolute Gasteiger partial charge is 0.220 e. The van der Waals surface area contributed by atoms with Crippen molar-refractivity contribution in [3.63, 3.8) is 0 Å². The lowest BCUT2D eigenvalue weighted by atomic mass is 9.72. The van der Waals surface area contributed by atoms with E-state index in [9.17, 15) is 4.79 Å². The Labute approximate surface area is 137 Å². The van der Waals surface area contributed by atoms with Gasteiger partial charge >= 0.3 is 0 Å². The van der Waals surface area contributed by atoms with Crippen LogP contribution in [0.1, 0.15) is 97.3 Å². The van der Waals surface area contributed by atoms with E-state index in [1.807, 2.05) is 6.92 Å². The van der Waals surface area contributed by atoms with Gasteiger partial charge in [-0.15, -0.1) is 0 Å². The molecule has 3 nitrogen and oxygen atoms in total. The maximum Gasteiger partial charge on any atom is 0.220 e. The van der Waals surface area contributed by atoms with E-state index in [0.717, 1.165) is 12.8 Å². The molecule has 3 heteroatoms. The van der Waals surface area contributed by atoms with Gasteiger partial charge in [0.05, 0.1) is 0 Å². The minimum atomic E-state index is -0.225. The molecule has 1 amide bonds. The van der Waals surface area contributed by atoms with Crippen LogP contribution in [-0.4, -0.2) is 11.9 Å². The van der Waals surface area contributed by atoms with Crippen LogP contribution < -0.4 is 11.5 Å². The van der Waals surface area contributed by atoms with Crippen molar-refractivity contribution in [3.8, 4) is 0 Å². The number of carbonyl (C=O) groups is 1. The summed E-state index contributed by atoms with van der Waals surface area (Å²) < 4.78 is 0. The molecular weight excluding hydrogens is 272 g/mol. The van der Waals surface area contributed by atoms with Gasteiger partial charge in [-0.3, -0.25) is 4.79 Å². The third-order valence-electron chi connectivity index (χ3n) is 5.84. The van der Waals surface area contributed by atoms with Crippen LogP contribution in [0.2, 0.25) is 0 Å². The van der Waals surface area contributed by atoms with Gasteiger partial charge < -0.3 is 11.5 Å². The normalized spacial score (nSPS) is 22.1. The zero-order chi connectivity index (χ0) is 16.4. The van der Waals surface area contributed by atoms with Crippen LogP contribution in [-0.2, 0) is 4.79 Å². The first-order valence-electron chi connectivity index (χ1n) is 9.54. The largest absolute Gasteiger partial charge is 0.369 e. The van der Waals surface area contributed by atoms with Gasteiger partial charge in [0.15, 0.2) is 0 Å². The van der Waals surface area contributed by atoms with Crippen LogP contribution in [0.4, 0.5) is 0 Å². The summed E-state index contributed by atoms with van der Waals surface area (Å²) >= 11 is 0. The fraction of sp³-hybridized carbons (Fsp3) is 0.947. The van der Waals surface area contributed by atoms with Crippen molar-refractivity contribution >= 4 is 5.91 Å². The molecule has 0 aliphatic heterocycles. The Morgan fingerprint density at radius 2 is 1.64 bits per heavy atom. The zero-order valence-corrected chi connectivity index (χ0v) is 14.9. The van der Waals surface area contributed by atoms with Crippen LogP contribution in [0.5, 0.6) is 0 Å². The molecule has 22 heavy (non-hydrogen) atoms. The van der Waals surface area contributed by atoms with E-state index >= 15 is 0 Å². The standard InChI is InChI=1S/C19H38N2O/c1-3-19(12-8-6-4-5-7-9-13-19)14-10-11-17(20)15-16(2)18(21)22/h16-17H,3-15,20H2,1-2H3,(H2,21,22). The first-order valence-corrected chi connectivity index (χ1v) is 9.54. The lowest BCUT2D eigenvalue weighted by Crippen LogP contribution is -2.30.